The summed E-state index contributed by atoms with van der Waals surface area (Å²) in [5.74, 6) is 0.834. The van der Waals surface area contributed by atoms with E-state index in [1.54, 1.807) is 13.3 Å². The fourth-order valence-electron chi connectivity index (χ4n) is 1.93. The lowest BCUT2D eigenvalue weighted by Crippen LogP contribution is -2.40. The van der Waals surface area contributed by atoms with Crippen molar-refractivity contribution in [3.63, 3.8) is 0 Å². The molecule has 0 amide bonds. The fourth-order valence-corrected chi connectivity index (χ4v) is 2.89. The first-order chi connectivity index (χ1) is 10.2. The second-order valence-corrected chi connectivity index (χ2v) is 11.9. The van der Waals surface area contributed by atoms with Gasteiger partial charge in [0.15, 0.2) is 8.32 Å². The molecule has 1 heterocycles. The van der Waals surface area contributed by atoms with Gasteiger partial charge in [-0.1, -0.05) is 26.8 Å². The Labute approximate surface area is 134 Å². The molecule has 0 fully saturated rings. The van der Waals surface area contributed by atoms with E-state index in [-0.39, 0.29) is 5.04 Å². The zero-order valence-electron chi connectivity index (χ0n) is 14.4. The standard InChI is InChI=1S/C17H26N2O2Si/c1-17(2,3)22(5,6)21-12-13-7-8-14(16(11-13)20-4)15-9-10-18-19-15/h7-11H,12H2,1-6H3,(H,18,19). The second kappa shape index (κ2) is 6.26. The van der Waals surface area contributed by atoms with E-state index < -0.39 is 8.32 Å². The van der Waals surface area contributed by atoms with Crippen LogP contribution in [-0.2, 0) is 11.0 Å². The molecule has 2 aromatic rings. The van der Waals surface area contributed by atoms with Gasteiger partial charge in [0.05, 0.1) is 19.4 Å². The van der Waals surface area contributed by atoms with E-state index in [4.69, 9.17) is 9.16 Å². The minimum atomic E-state index is -1.74. The number of hydrogen-bond donors (Lipinski definition) is 1. The van der Waals surface area contributed by atoms with E-state index in [9.17, 15) is 0 Å². The number of rotatable bonds is 5. The molecule has 0 aliphatic rings. The van der Waals surface area contributed by atoms with Crippen LogP contribution in [0, 0.1) is 0 Å². The lowest BCUT2D eigenvalue weighted by Gasteiger charge is -2.36. The van der Waals surface area contributed by atoms with Crippen LogP contribution in [0.1, 0.15) is 26.3 Å². The van der Waals surface area contributed by atoms with Crippen molar-refractivity contribution >= 4 is 8.32 Å². The molecule has 4 nitrogen and oxygen atoms in total. The maximum absolute atomic E-state index is 6.27. The first-order valence-corrected chi connectivity index (χ1v) is 10.5. The van der Waals surface area contributed by atoms with Crippen LogP contribution in [0.5, 0.6) is 5.75 Å². The Bertz CT molecular complexity index is 616. The molecule has 0 spiro atoms. The molecule has 5 heteroatoms. The molecule has 120 valence electrons. The molecule has 0 saturated heterocycles. The van der Waals surface area contributed by atoms with Crippen molar-refractivity contribution in [3.05, 3.63) is 36.0 Å². The van der Waals surface area contributed by atoms with Gasteiger partial charge in [-0.3, -0.25) is 5.10 Å². The van der Waals surface area contributed by atoms with E-state index in [0.29, 0.717) is 6.61 Å². The smallest absolute Gasteiger partial charge is 0.192 e. The number of H-pyrrole nitrogens is 1. The maximum atomic E-state index is 6.27. The molecule has 0 aliphatic heterocycles. The Morgan fingerprint density at radius 3 is 2.45 bits per heavy atom. The Kier molecular flexibility index (Phi) is 4.77. The molecule has 22 heavy (non-hydrogen) atoms. The number of nitrogens with one attached hydrogen (secondary N) is 1. The number of methoxy groups -OCH3 is 1. The van der Waals surface area contributed by atoms with E-state index in [0.717, 1.165) is 22.6 Å². The third kappa shape index (κ3) is 3.59. The van der Waals surface area contributed by atoms with Crippen molar-refractivity contribution in [1.82, 2.24) is 10.2 Å². The van der Waals surface area contributed by atoms with Crippen molar-refractivity contribution in [2.24, 2.45) is 0 Å². The lowest BCUT2D eigenvalue weighted by molar-refractivity contribution is 0.275. The van der Waals surface area contributed by atoms with Gasteiger partial charge in [-0.15, -0.1) is 0 Å². The monoisotopic (exact) mass is 318 g/mol. The number of aromatic amines is 1. The first-order valence-electron chi connectivity index (χ1n) is 7.55. The third-order valence-corrected chi connectivity index (χ3v) is 8.94. The van der Waals surface area contributed by atoms with Crippen molar-refractivity contribution in [3.8, 4) is 17.0 Å². The minimum absolute atomic E-state index is 0.215. The molecule has 0 bridgehead atoms. The summed E-state index contributed by atoms with van der Waals surface area (Å²) in [6.45, 7) is 11.9. The summed E-state index contributed by atoms with van der Waals surface area (Å²) in [5.41, 5.74) is 3.09. The highest BCUT2D eigenvalue weighted by Gasteiger charge is 2.37. The van der Waals surface area contributed by atoms with Crippen molar-refractivity contribution in [2.75, 3.05) is 7.11 Å². The van der Waals surface area contributed by atoms with E-state index in [2.05, 4.69) is 56.2 Å². The maximum Gasteiger partial charge on any atom is 0.192 e. The van der Waals surface area contributed by atoms with Gasteiger partial charge in [-0.2, -0.15) is 5.10 Å². The van der Waals surface area contributed by atoms with Crippen LogP contribution in [0.2, 0.25) is 18.1 Å². The van der Waals surface area contributed by atoms with Crippen LogP contribution in [0.3, 0.4) is 0 Å². The van der Waals surface area contributed by atoms with Crippen molar-refractivity contribution in [2.45, 2.75) is 45.5 Å². The van der Waals surface area contributed by atoms with E-state index in [1.165, 1.54) is 0 Å². The summed E-state index contributed by atoms with van der Waals surface area (Å²) in [4.78, 5) is 0. The van der Waals surface area contributed by atoms with Gasteiger partial charge in [0.2, 0.25) is 0 Å². The quantitative estimate of drug-likeness (QED) is 0.819. The molecular weight excluding hydrogens is 292 g/mol. The van der Waals surface area contributed by atoms with Crippen molar-refractivity contribution in [1.29, 1.82) is 0 Å². The van der Waals surface area contributed by atoms with Crippen LogP contribution in [0.25, 0.3) is 11.3 Å². The van der Waals surface area contributed by atoms with Gasteiger partial charge in [0.1, 0.15) is 5.75 Å². The largest absolute Gasteiger partial charge is 0.496 e. The van der Waals surface area contributed by atoms with Gasteiger partial charge in [0, 0.05) is 11.8 Å². The first kappa shape index (κ1) is 16.8. The minimum Gasteiger partial charge on any atom is -0.496 e. The SMILES string of the molecule is COc1cc(CO[Si](C)(C)C(C)(C)C)ccc1-c1ccn[nH]1. The van der Waals surface area contributed by atoms with Gasteiger partial charge in [-0.05, 0) is 41.9 Å². The number of benzene rings is 1. The molecule has 2 rings (SSSR count). The van der Waals surface area contributed by atoms with Gasteiger partial charge >= 0.3 is 0 Å². The summed E-state index contributed by atoms with van der Waals surface area (Å²) in [6.07, 6.45) is 1.74. The number of hydrogen-bond acceptors (Lipinski definition) is 3. The Morgan fingerprint density at radius 2 is 1.91 bits per heavy atom. The molecule has 0 radical (unpaired) electrons. The lowest BCUT2D eigenvalue weighted by atomic mass is 10.1. The highest BCUT2D eigenvalue weighted by Crippen LogP contribution is 2.37. The van der Waals surface area contributed by atoms with Crippen LogP contribution in [0.4, 0.5) is 0 Å². The Balaban J connectivity index is 2.17. The summed E-state index contributed by atoms with van der Waals surface area (Å²) in [7, 11) is -0.0508. The molecule has 1 aromatic carbocycles. The van der Waals surface area contributed by atoms with Crippen LogP contribution < -0.4 is 4.74 Å². The van der Waals surface area contributed by atoms with Gasteiger partial charge < -0.3 is 9.16 Å². The van der Waals surface area contributed by atoms with Crippen LogP contribution in [0.15, 0.2) is 30.5 Å². The summed E-state index contributed by atoms with van der Waals surface area (Å²) >= 11 is 0. The number of nitrogens with zero attached hydrogens (tertiary/aromatic N) is 1. The second-order valence-electron chi connectivity index (χ2n) is 7.05. The predicted molar refractivity (Wildman–Crippen MR) is 92.6 cm³/mol. The molecule has 1 aromatic heterocycles. The number of aromatic nitrogens is 2. The molecule has 0 saturated carbocycles. The summed E-state index contributed by atoms with van der Waals surface area (Å²) in [6, 6.07) is 8.12. The normalized spacial score (nSPS) is 12.5. The molecule has 0 unspecified atom stereocenters. The topological polar surface area (TPSA) is 47.1 Å². The van der Waals surface area contributed by atoms with E-state index >= 15 is 0 Å². The fraction of sp³-hybridized carbons (Fsp3) is 0.471. The van der Waals surface area contributed by atoms with Crippen LogP contribution >= 0.6 is 0 Å². The van der Waals surface area contributed by atoms with Crippen LogP contribution in [-0.4, -0.2) is 25.6 Å². The number of ether oxygens (including phenoxy) is 1. The highest BCUT2D eigenvalue weighted by molar-refractivity contribution is 6.74. The zero-order valence-corrected chi connectivity index (χ0v) is 15.4. The molecule has 0 atom stereocenters. The third-order valence-electron chi connectivity index (χ3n) is 4.46. The van der Waals surface area contributed by atoms with Gasteiger partial charge in [0.25, 0.3) is 0 Å². The molecule has 0 aliphatic carbocycles. The predicted octanol–water partition coefficient (Wildman–Crippen LogP) is 4.61. The van der Waals surface area contributed by atoms with Crippen molar-refractivity contribution < 1.29 is 9.16 Å². The summed E-state index contributed by atoms with van der Waals surface area (Å²) < 4.78 is 11.8. The zero-order chi connectivity index (χ0) is 16.4. The average Bonchev–Trinajstić information content (AvgIpc) is 2.97. The Hall–Kier alpha value is -1.59. The molecule has 1 N–H and O–H groups in total. The average molecular weight is 318 g/mol. The highest BCUT2D eigenvalue weighted by atomic mass is 28.4. The van der Waals surface area contributed by atoms with Gasteiger partial charge in [-0.25, -0.2) is 0 Å². The molecular formula is C17H26N2O2Si. The summed E-state index contributed by atoms with van der Waals surface area (Å²) in [5, 5.41) is 7.18. The Morgan fingerprint density at radius 1 is 1.18 bits per heavy atom. The van der Waals surface area contributed by atoms with E-state index in [1.807, 2.05) is 12.1 Å².